The fourth-order valence-corrected chi connectivity index (χ4v) is 0.980. The van der Waals surface area contributed by atoms with Crippen molar-refractivity contribution in [2.75, 3.05) is 0 Å². The van der Waals surface area contributed by atoms with Gasteiger partial charge < -0.3 is 5.32 Å². The van der Waals surface area contributed by atoms with Gasteiger partial charge in [0.1, 0.15) is 5.92 Å². The van der Waals surface area contributed by atoms with Gasteiger partial charge in [0, 0.05) is 6.04 Å². The molecule has 1 rings (SSSR count). The molecule has 0 aromatic heterocycles. The molecule has 1 amide bonds. The van der Waals surface area contributed by atoms with E-state index in [1.54, 1.807) is 0 Å². The second-order valence-corrected chi connectivity index (χ2v) is 3.59. The Kier molecular flexibility index (Phi) is 2.54. The molecular formula is C8H12F3NO. The predicted molar refractivity (Wildman–Crippen MR) is 40.9 cm³/mol. The highest BCUT2D eigenvalue weighted by atomic mass is 19.4. The maximum atomic E-state index is 12.0. The standard InChI is InChI=1S/C8H12F3NO/c1-4-3-6(4)12-7(13)5(2)8(9,10)11/h4-6H,3H2,1-2H3,(H,12,13)/t4-,5?,6-/m1/s1. The number of amides is 1. The zero-order valence-corrected chi connectivity index (χ0v) is 7.48. The Morgan fingerprint density at radius 2 is 2.00 bits per heavy atom. The van der Waals surface area contributed by atoms with E-state index < -0.39 is 18.0 Å². The van der Waals surface area contributed by atoms with Crippen LogP contribution in [0.15, 0.2) is 0 Å². The summed E-state index contributed by atoms with van der Waals surface area (Å²) in [4.78, 5) is 11.0. The van der Waals surface area contributed by atoms with Gasteiger partial charge >= 0.3 is 6.18 Å². The molecule has 0 heterocycles. The lowest BCUT2D eigenvalue weighted by atomic mass is 10.1. The molecule has 0 aromatic carbocycles. The maximum absolute atomic E-state index is 12.0. The number of halogens is 3. The molecule has 76 valence electrons. The molecule has 5 heteroatoms. The molecule has 1 aliphatic carbocycles. The molecule has 0 radical (unpaired) electrons. The van der Waals surface area contributed by atoms with Crippen LogP contribution in [0, 0.1) is 11.8 Å². The molecule has 1 saturated carbocycles. The molecule has 1 fully saturated rings. The van der Waals surface area contributed by atoms with E-state index in [2.05, 4.69) is 5.32 Å². The summed E-state index contributed by atoms with van der Waals surface area (Å²) in [5, 5.41) is 2.35. The summed E-state index contributed by atoms with van der Waals surface area (Å²) in [5.74, 6) is -2.49. The highest BCUT2D eigenvalue weighted by Crippen LogP contribution is 2.31. The molecule has 0 bridgehead atoms. The van der Waals surface area contributed by atoms with Crippen LogP contribution in [0.4, 0.5) is 13.2 Å². The zero-order chi connectivity index (χ0) is 10.2. The maximum Gasteiger partial charge on any atom is 0.400 e. The van der Waals surface area contributed by atoms with Crippen molar-refractivity contribution in [3.63, 3.8) is 0 Å². The van der Waals surface area contributed by atoms with Crippen LogP contribution < -0.4 is 5.32 Å². The van der Waals surface area contributed by atoms with Gasteiger partial charge in [-0.2, -0.15) is 13.2 Å². The third kappa shape index (κ3) is 2.60. The van der Waals surface area contributed by atoms with Gasteiger partial charge in [0.25, 0.3) is 0 Å². The minimum absolute atomic E-state index is 0.0442. The number of alkyl halides is 3. The van der Waals surface area contributed by atoms with E-state index in [-0.39, 0.29) is 6.04 Å². The van der Waals surface area contributed by atoms with E-state index in [0.29, 0.717) is 5.92 Å². The van der Waals surface area contributed by atoms with Crippen molar-refractivity contribution >= 4 is 5.91 Å². The van der Waals surface area contributed by atoms with Gasteiger partial charge in [-0.1, -0.05) is 6.92 Å². The Labute approximate surface area is 74.5 Å². The first-order valence-corrected chi connectivity index (χ1v) is 4.19. The van der Waals surface area contributed by atoms with Gasteiger partial charge in [-0.25, -0.2) is 0 Å². The summed E-state index contributed by atoms with van der Waals surface area (Å²) in [7, 11) is 0. The van der Waals surface area contributed by atoms with Gasteiger partial charge in [0.15, 0.2) is 0 Å². The highest BCUT2D eigenvalue weighted by Gasteiger charge is 2.43. The highest BCUT2D eigenvalue weighted by molar-refractivity contribution is 5.79. The minimum Gasteiger partial charge on any atom is -0.353 e. The first-order chi connectivity index (χ1) is 5.82. The summed E-state index contributed by atoms with van der Waals surface area (Å²) in [6, 6.07) is -0.0442. The lowest BCUT2D eigenvalue weighted by Crippen LogP contribution is -2.38. The second-order valence-electron chi connectivity index (χ2n) is 3.59. The number of hydrogen-bond acceptors (Lipinski definition) is 1. The number of rotatable bonds is 2. The molecule has 0 aliphatic heterocycles. The van der Waals surface area contributed by atoms with E-state index in [0.717, 1.165) is 13.3 Å². The van der Waals surface area contributed by atoms with Crippen molar-refractivity contribution in [3.8, 4) is 0 Å². The monoisotopic (exact) mass is 195 g/mol. The van der Waals surface area contributed by atoms with Crippen LogP contribution in [-0.2, 0) is 4.79 Å². The van der Waals surface area contributed by atoms with Gasteiger partial charge in [0.05, 0.1) is 0 Å². The normalized spacial score (nSPS) is 29.6. The lowest BCUT2D eigenvalue weighted by Gasteiger charge is -2.14. The molecular weight excluding hydrogens is 183 g/mol. The summed E-state index contributed by atoms with van der Waals surface area (Å²) in [6.07, 6.45) is -3.64. The third-order valence-electron chi connectivity index (χ3n) is 2.32. The van der Waals surface area contributed by atoms with E-state index in [9.17, 15) is 18.0 Å². The SMILES string of the molecule is CC(C(=O)N[C@@H]1C[C@H]1C)C(F)(F)F. The molecule has 2 nitrogen and oxygen atoms in total. The summed E-state index contributed by atoms with van der Waals surface area (Å²) in [5.41, 5.74) is 0. The average Bonchev–Trinajstić information content (AvgIpc) is 2.63. The van der Waals surface area contributed by atoms with Gasteiger partial charge in [-0.3, -0.25) is 4.79 Å². The molecule has 0 spiro atoms. The van der Waals surface area contributed by atoms with Gasteiger partial charge in [-0.15, -0.1) is 0 Å². The van der Waals surface area contributed by atoms with Crippen LogP contribution in [-0.4, -0.2) is 18.1 Å². The van der Waals surface area contributed by atoms with Crippen molar-refractivity contribution in [3.05, 3.63) is 0 Å². The molecule has 0 aromatic rings. The fraction of sp³-hybridized carbons (Fsp3) is 0.875. The molecule has 0 saturated heterocycles. The Morgan fingerprint density at radius 3 is 2.31 bits per heavy atom. The molecule has 3 atom stereocenters. The van der Waals surface area contributed by atoms with Crippen LogP contribution in [0.3, 0.4) is 0 Å². The molecule has 13 heavy (non-hydrogen) atoms. The Bertz CT molecular complexity index is 214. The summed E-state index contributed by atoms with van der Waals surface area (Å²) < 4.78 is 36.0. The van der Waals surface area contributed by atoms with Crippen molar-refractivity contribution in [1.82, 2.24) is 5.32 Å². The van der Waals surface area contributed by atoms with Crippen molar-refractivity contribution in [2.45, 2.75) is 32.5 Å². The van der Waals surface area contributed by atoms with Crippen LogP contribution in [0.2, 0.25) is 0 Å². The van der Waals surface area contributed by atoms with Crippen molar-refractivity contribution < 1.29 is 18.0 Å². The van der Waals surface area contributed by atoms with E-state index in [1.165, 1.54) is 0 Å². The van der Waals surface area contributed by atoms with E-state index in [4.69, 9.17) is 0 Å². The van der Waals surface area contributed by atoms with E-state index in [1.807, 2.05) is 6.92 Å². The average molecular weight is 195 g/mol. The van der Waals surface area contributed by atoms with Gasteiger partial charge in [-0.05, 0) is 19.3 Å². The predicted octanol–water partition coefficient (Wildman–Crippen LogP) is 1.71. The van der Waals surface area contributed by atoms with Crippen molar-refractivity contribution in [2.24, 2.45) is 11.8 Å². The first-order valence-electron chi connectivity index (χ1n) is 4.19. The fourth-order valence-electron chi connectivity index (χ4n) is 0.980. The molecule has 1 unspecified atom stereocenters. The Hall–Kier alpha value is -0.740. The number of hydrogen-bond donors (Lipinski definition) is 1. The van der Waals surface area contributed by atoms with Crippen LogP contribution in [0.25, 0.3) is 0 Å². The van der Waals surface area contributed by atoms with Crippen LogP contribution >= 0.6 is 0 Å². The summed E-state index contributed by atoms with van der Waals surface area (Å²) >= 11 is 0. The Balaban J connectivity index is 2.39. The number of carbonyl (C=O) groups is 1. The second kappa shape index (κ2) is 3.20. The third-order valence-corrected chi connectivity index (χ3v) is 2.32. The van der Waals surface area contributed by atoms with Crippen LogP contribution in [0.5, 0.6) is 0 Å². The number of nitrogens with one attached hydrogen (secondary N) is 1. The van der Waals surface area contributed by atoms with Crippen molar-refractivity contribution in [1.29, 1.82) is 0 Å². The van der Waals surface area contributed by atoms with Crippen LogP contribution in [0.1, 0.15) is 20.3 Å². The van der Waals surface area contributed by atoms with E-state index >= 15 is 0 Å². The lowest BCUT2D eigenvalue weighted by molar-refractivity contribution is -0.178. The topological polar surface area (TPSA) is 29.1 Å². The quantitative estimate of drug-likeness (QED) is 0.714. The van der Waals surface area contributed by atoms with Gasteiger partial charge in [0.2, 0.25) is 5.91 Å². The smallest absolute Gasteiger partial charge is 0.353 e. The molecule has 1 aliphatic rings. The molecule has 1 N–H and O–H groups in total. The zero-order valence-electron chi connectivity index (χ0n) is 7.48. The first kappa shape index (κ1) is 10.3. The largest absolute Gasteiger partial charge is 0.400 e. The summed E-state index contributed by atoms with van der Waals surface area (Å²) in [6.45, 7) is 2.77. The number of carbonyl (C=O) groups excluding carboxylic acids is 1. The Morgan fingerprint density at radius 1 is 1.54 bits per heavy atom. The minimum atomic E-state index is -4.43.